The summed E-state index contributed by atoms with van der Waals surface area (Å²) in [6.07, 6.45) is 3.43. The van der Waals surface area contributed by atoms with Gasteiger partial charge in [0.2, 0.25) is 5.91 Å². The van der Waals surface area contributed by atoms with E-state index in [0.29, 0.717) is 24.3 Å². The van der Waals surface area contributed by atoms with Gasteiger partial charge in [-0.25, -0.2) is 0 Å². The predicted molar refractivity (Wildman–Crippen MR) is 125 cm³/mol. The number of nitrogens with zero attached hydrogens (tertiary/aromatic N) is 2. The molecule has 4 fully saturated rings. The first-order valence-corrected chi connectivity index (χ1v) is 12.7. The second kappa shape index (κ2) is 9.40. The lowest BCUT2D eigenvalue weighted by molar-refractivity contribution is -0.142. The number of nitrogens with one attached hydrogen (secondary N) is 1. The third-order valence-electron chi connectivity index (χ3n) is 8.32. The van der Waals surface area contributed by atoms with Crippen LogP contribution in [-0.2, 0) is 14.3 Å². The first kappa shape index (κ1) is 23.5. The molecule has 34 heavy (non-hydrogen) atoms. The van der Waals surface area contributed by atoms with E-state index in [4.69, 9.17) is 4.74 Å². The predicted octanol–water partition coefficient (Wildman–Crippen LogP) is 1.47. The van der Waals surface area contributed by atoms with Crippen LogP contribution in [-0.4, -0.2) is 89.1 Å². The van der Waals surface area contributed by atoms with Crippen molar-refractivity contribution in [1.29, 1.82) is 0 Å². The number of fused-ring (bicyclic) bond motifs is 1. The molecule has 0 bridgehead atoms. The molecular formula is C26H35N3O5. The average Bonchev–Trinajstić information content (AvgIpc) is 3.57. The Balaban J connectivity index is 1.28. The Morgan fingerprint density at radius 2 is 1.82 bits per heavy atom. The van der Waals surface area contributed by atoms with Gasteiger partial charge in [0.15, 0.2) is 5.78 Å². The third kappa shape index (κ3) is 4.16. The average molecular weight is 470 g/mol. The van der Waals surface area contributed by atoms with Crippen LogP contribution in [0.15, 0.2) is 24.3 Å². The van der Waals surface area contributed by atoms with Gasteiger partial charge in [0.1, 0.15) is 30.4 Å². The second-order valence-electron chi connectivity index (χ2n) is 10.3. The first-order valence-electron chi connectivity index (χ1n) is 12.7. The normalized spacial score (nSPS) is 29.4. The molecule has 8 nitrogen and oxygen atoms in total. The van der Waals surface area contributed by atoms with Gasteiger partial charge in [0, 0.05) is 5.56 Å². The van der Waals surface area contributed by atoms with Crippen LogP contribution in [0.5, 0.6) is 0 Å². The smallest absolute Gasteiger partial charge is 0.252 e. The zero-order chi connectivity index (χ0) is 23.9. The maximum Gasteiger partial charge on any atom is 0.252 e. The van der Waals surface area contributed by atoms with Crippen molar-refractivity contribution in [2.24, 2.45) is 0 Å². The van der Waals surface area contributed by atoms with Gasteiger partial charge in [-0.3, -0.25) is 14.4 Å². The van der Waals surface area contributed by atoms with Crippen LogP contribution < -0.4 is 5.32 Å². The molecule has 1 aromatic carbocycles. The van der Waals surface area contributed by atoms with E-state index in [-0.39, 0.29) is 30.7 Å². The molecule has 2 amide bonds. The molecule has 3 atom stereocenters. The fraction of sp³-hybridized carbons (Fsp3) is 0.654. The largest absolute Gasteiger partial charge is 0.388 e. The summed E-state index contributed by atoms with van der Waals surface area (Å²) in [5, 5.41) is 13.4. The molecular weight excluding hydrogens is 434 g/mol. The Labute approximate surface area is 200 Å². The number of carbonyl (C=O) groups is 3. The number of carbonyl (C=O) groups excluding carboxylic acids is 3. The number of β-amino-alcohol motifs (C(OH)–C–C–N with tert-alkyl or cyclic N) is 1. The van der Waals surface area contributed by atoms with E-state index in [1.807, 2.05) is 24.3 Å². The van der Waals surface area contributed by atoms with Crippen LogP contribution in [0, 0.1) is 0 Å². The summed E-state index contributed by atoms with van der Waals surface area (Å²) in [5.41, 5.74) is 0.754. The number of aliphatic hydroxyl groups excluding tert-OH is 1. The lowest BCUT2D eigenvalue weighted by Crippen LogP contribution is -2.60. The Kier molecular flexibility index (Phi) is 6.48. The van der Waals surface area contributed by atoms with Gasteiger partial charge < -0.3 is 25.0 Å². The number of likely N-dealkylation sites (tertiary alicyclic amines) is 2. The molecule has 3 aliphatic heterocycles. The maximum atomic E-state index is 13.7. The standard InChI is InChI=1S/C26H35N3O5/c1-2-28-13-9-18(10-14-28)17-5-7-19(8-6-17)24(32)27-26(11-3-4-12-26)25(33)29-15-20(30)23-22(29)21(31)16-34-23/h5-8,18,20,22-23,30H,2-4,9-16H2,1H3,(H,27,32)/t20-,22+,23+/m0/s1. The van der Waals surface area contributed by atoms with Crippen molar-refractivity contribution in [2.45, 2.75) is 75.2 Å². The minimum atomic E-state index is -1.04. The summed E-state index contributed by atoms with van der Waals surface area (Å²) < 4.78 is 5.42. The minimum absolute atomic E-state index is 0.0586. The number of ketones is 1. The molecule has 184 valence electrons. The van der Waals surface area contributed by atoms with Gasteiger partial charge in [-0.1, -0.05) is 31.9 Å². The van der Waals surface area contributed by atoms with E-state index in [1.165, 1.54) is 10.5 Å². The van der Waals surface area contributed by atoms with Gasteiger partial charge in [-0.2, -0.15) is 0 Å². The lowest BCUT2D eigenvalue weighted by Gasteiger charge is -2.35. The van der Waals surface area contributed by atoms with Crippen molar-refractivity contribution in [3.8, 4) is 0 Å². The maximum absolute atomic E-state index is 13.7. The lowest BCUT2D eigenvalue weighted by atomic mass is 9.89. The molecule has 8 heteroatoms. The minimum Gasteiger partial charge on any atom is -0.388 e. The number of rotatable bonds is 5. The number of piperidine rings is 1. The van der Waals surface area contributed by atoms with Crippen LogP contribution in [0.3, 0.4) is 0 Å². The molecule has 3 saturated heterocycles. The van der Waals surface area contributed by atoms with Gasteiger partial charge in [0.05, 0.1) is 6.54 Å². The molecule has 0 unspecified atom stereocenters. The van der Waals surface area contributed by atoms with E-state index in [0.717, 1.165) is 45.3 Å². The number of benzene rings is 1. The molecule has 1 saturated carbocycles. The molecule has 1 aliphatic carbocycles. The molecule has 0 aromatic heterocycles. The van der Waals surface area contributed by atoms with E-state index < -0.39 is 23.8 Å². The summed E-state index contributed by atoms with van der Waals surface area (Å²) in [4.78, 5) is 43.2. The summed E-state index contributed by atoms with van der Waals surface area (Å²) in [6, 6.07) is 7.04. The van der Waals surface area contributed by atoms with Gasteiger partial charge in [0.25, 0.3) is 5.91 Å². The molecule has 3 heterocycles. The summed E-state index contributed by atoms with van der Waals surface area (Å²) >= 11 is 0. The topological polar surface area (TPSA) is 99.2 Å². The number of Topliss-reactive ketones (excluding diaryl/α,β-unsaturated/α-hetero) is 1. The highest BCUT2D eigenvalue weighted by atomic mass is 16.5. The van der Waals surface area contributed by atoms with Crippen LogP contribution in [0.25, 0.3) is 0 Å². The van der Waals surface area contributed by atoms with Crippen LogP contribution in [0.1, 0.15) is 67.3 Å². The zero-order valence-electron chi connectivity index (χ0n) is 19.9. The SMILES string of the molecule is CCN1CCC(c2ccc(C(=O)NC3(C(=O)N4C[C@H](O)[C@H]5OCC(=O)[C@H]54)CCCC3)cc2)CC1. The fourth-order valence-electron chi connectivity index (χ4n) is 6.26. The van der Waals surface area contributed by atoms with Crippen molar-refractivity contribution in [2.75, 3.05) is 32.8 Å². The van der Waals surface area contributed by atoms with Crippen molar-refractivity contribution >= 4 is 17.6 Å². The Hall–Kier alpha value is -2.29. The molecule has 0 radical (unpaired) electrons. The first-order chi connectivity index (χ1) is 16.4. The fourth-order valence-corrected chi connectivity index (χ4v) is 6.26. The Morgan fingerprint density at radius 1 is 1.15 bits per heavy atom. The van der Waals surface area contributed by atoms with E-state index in [2.05, 4.69) is 17.1 Å². The van der Waals surface area contributed by atoms with Gasteiger partial charge >= 0.3 is 0 Å². The van der Waals surface area contributed by atoms with E-state index in [9.17, 15) is 19.5 Å². The quantitative estimate of drug-likeness (QED) is 0.678. The third-order valence-corrected chi connectivity index (χ3v) is 8.32. The van der Waals surface area contributed by atoms with Crippen LogP contribution in [0.2, 0.25) is 0 Å². The summed E-state index contributed by atoms with van der Waals surface area (Å²) in [5.74, 6) is -0.214. The van der Waals surface area contributed by atoms with Crippen LogP contribution >= 0.6 is 0 Å². The molecule has 2 N–H and O–H groups in total. The second-order valence-corrected chi connectivity index (χ2v) is 10.3. The molecule has 0 spiro atoms. The number of aliphatic hydroxyl groups is 1. The van der Waals surface area contributed by atoms with Crippen molar-refractivity contribution in [3.63, 3.8) is 0 Å². The zero-order valence-corrected chi connectivity index (χ0v) is 19.9. The number of hydrogen-bond donors (Lipinski definition) is 2. The number of ether oxygens (including phenoxy) is 1. The van der Waals surface area contributed by atoms with Crippen molar-refractivity contribution in [3.05, 3.63) is 35.4 Å². The number of hydrogen-bond acceptors (Lipinski definition) is 6. The Morgan fingerprint density at radius 3 is 2.47 bits per heavy atom. The van der Waals surface area contributed by atoms with Crippen molar-refractivity contribution in [1.82, 2.24) is 15.1 Å². The number of amides is 2. The summed E-state index contributed by atoms with van der Waals surface area (Å²) in [7, 11) is 0. The highest BCUT2D eigenvalue weighted by Gasteiger charge is 2.56. The van der Waals surface area contributed by atoms with Crippen molar-refractivity contribution < 1.29 is 24.2 Å². The van der Waals surface area contributed by atoms with Gasteiger partial charge in [-0.05, 0) is 68.9 Å². The molecule has 5 rings (SSSR count). The van der Waals surface area contributed by atoms with E-state index in [1.54, 1.807) is 0 Å². The highest BCUT2D eigenvalue weighted by molar-refractivity contribution is 6.01. The van der Waals surface area contributed by atoms with Gasteiger partial charge in [-0.15, -0.1) is 0 Å². The van der Waals surface area contributed by atoms with E-state index >= 15 is 0 Å². The van der Waals surface area contributed by atoms with Crippen LogP contribution in [0.4, 0.5) is 0 Å². The molecule has 1 aromatic rings. The molecule has 4 aliphatic rings. The summed E-state index contributed by atoms with van der Waals surface area (Å²) in [6.45, 7) is 5.47. The highest BCUT2D eigenvalue weighted by Crippen LogP contribution is 2.36. The Bertz CT molecular complexity index is 934. The monoisotopic (exact) mass is 469 g/mol.